The highest BCUT2D eigenvalue weighted by Gasteiger charge is 2.28. The fourth-order valence-corrected chi connectivity index (χ4v) is 8.47. The minimum absolute atomic E-state index is 0.136. The number of unbranched alkanes of at least 4 members (excludes halogenated alkanes) is 19. The van der Waals surface area contributed by atoms with Crippen molar-refractivity contribution < 1.29 is 52.2 Å². The Labute approximate surface area is 463 Å². The first-order valence-corrected chi connectivity index (χ1v) is 31.3. The van der Waals surface area contributed by atoms with Gasteiger partial charge in [0, 0.05) is 19.3 Å². The van der Waals surface area contributed by atoms with E-state index < -0.39 is 57.8 Å². The number of phosphoric acid groups is 1. The maximum absolute atomic E-state index is 12.9. The monoisotopic (exact) mass is 1080 g/mol. The predicted octanol–water partition coefficient (Wildman–Crippen LogP) is 17.8. The van der Waals surface area contributed by atoms with E-state index in [1.165, 1.54) is 38.5 Å². The van der Waals surface area contributed by atoms with E-state index in [9.17, 15) is 28.9 Å². The molecule has 0 aromatic heterocycles. The van der Waals surface area contributed by atoms with E-state index in [-0.39, 0.29) is 25.9 Å². The number of aliphatic hydroxyl groups is 1. The van der Waals surface area contributed by atoms with Gasteiger partial charge in [0.15, 0.2) is 6.10 Å². The summed E-state index contributed by atoms with van der Waals surface area (Å²) in [5, 5.41) is 9.81. The van der Waals surface area contributed by atoms with Gasteiger partial charge in [-0.2, -0.15) is 0 Å². The molecule has 0 aliphatic rings. The smallest absolute Gasteiger partial charge is 0.462 e. The molecule has 3 unspecified atom stereocenters. The van der Waals surface area contributed by atoms with Crippen LogP contribution in [0.15, 0.2) is 109 Å². The highest BCUT2D eigenvalue weighted by atomic mass is 31.2. The molecule has 434 valence electrons. The fourth-order valence-electron chi connectivity index (χ4n) is 7.69. The summed E-state index contributed by atoms with van der Waals surface area (Å²) in [4.78, 5) is 48.6. The van der Waals surface area contributed by atoms with E-state index in [4.69, 9.17) is 23.3 Å². The van der Waals surface area contributed by atoms with Gasteiger partial charge in [-0.15, -0.1) is 0 Å². The highest BCUT2D eigenvalue weighted by Crippen LogP contribution is 2.43. The van der Waals surface area contributed by atoms with Crippen molar-refractivity contribution in [1.82, 2.24) is 0 Å². The average Bonchev–Trinajstić information content (AvgIpc) is 3.41. The summed E-state index contributed by atoms with van der Waals surface area (Å²) in [6, 6.07) is 0. The third-order valence-electron chi connectivity index (χ3n) is 12.2. The lowest BCUT2D eigenvalue weighted by Crippen LogP contribution is -2.30. The summed E-state index contributed by atoms with van der Waals surface area (Å²) >= 11 is 0. The quantitative estimate of drug-likeness (QED) is 0.0197. The second-order valence-corrected chi connectivity index (χ2v) is 20.8. The van der Waals surface area contributed by atoms with Crippen LogP contribution in [-0.2, 0) is 42.2 Å². The number of esters is 3. The number of phosphoric ester groups is 1. The van der Waals surface area contributed by atoms with Gasteiger partial charge < -0.3 is 24.2 Å². The van der Waals surface area contributed by atoms with E-state index in [2.05, 4.69) is 130 Å². The van der Waals surface area contributed by atoms with Crippen molar-refractivity contribution >= 4 is 25.7 Å². The fraction of sp³-hybridized carbons (Fsp3) is 0.672. The van der Waals surface area contributed by atoms with Crippen molar-refractivity contribution in [2.45, 2.75) is 251 Å². The SMILES string of the molecule is CC/C=C\C/C=C\C/C=C\C/C=C\CCCCCCCCC(=O)OCC(COP(=O)(O)OCC(CO)OC(=O)CCCCC/C=C\C/C=C\C/C=C\CC)OC(=O)CCCCCCCCC/C=C\C/C=C\CCCCC. The zero-order chi connectivity index (χ0) is 55.5. The van der Waals surface area contributed by atoms with E-state index in [1.54, 1.807) is 0 Å². The molecule has 12 heteroatoms. The molecule has 0 rings (SSSR count). The van der Waals surface area contributed by atoms with Crippen molar-refractivity contribution in [3.63, 3.8) is 0 Å². The van der Waals surface area contributed by atoms with Crippen LogP contribution in [0.2, 0.25) is 0 Å². The average molecular weight is 1080 g/mol. The first-order valence-electron chi connectivity index (χ1n) is 29.8. The van der Waals surface area contributed by atoms with Gasteiger partial charge in [0.1, 0.15) is 12.7 Å². The van der Waals surface area contributed by atoms with Gasteiger partial charge in [0.05, 0.1) is 19.8 Å². The van der Waals surface area contributed by atoms with E-state index in [1.807, 2.05) is 0 Å². The Kier molecular flexibility index (Phi) is 54.4. The Balaban J connectivity index is 4.79. The van der Waals surface area contributed by atoms with Crippen molar-refractivity contribution in [2.24, 2.45) is 0 Å². The second-order valence-electron chi connectivity index (χ2n) is 19.4. The van der Waals surface area contributed by atoms with Crippen LogP contribution >= 0.6 is 7.82 Å². The molecule has 0 saturated carbocycles. The van der Waals surface area contributed by atoms with E-state index in [0.717, 1.165) is 141 Å². The van der Waals surface area contributed by atoms with Gasteiger partial charge in [-0.05, 0) is 122 Å². The largest absolute Gasteiger partial charge is 0.472 e. The third kappa shape index (κ3) is 54.9. The number of allylic oxidation sites excluding steroid dienone is 18. The van der Waals surface area contributed by atoms with Crippen LogP contribution < -0.4 is 0 Å². The second kappa shape index (κ2) is 57.3. The van der Waals surface area contributed by atoms with Crippen molar-refractivity contribution in [3.05, 3.63) is 109 Å². The van der Waals surface area contributed by atoms with Gasteiger partial charge in [-0.3, -0.25) is 23.4 Å². The van der Waals surface area contributed by atoms with Crippen LogP contribution in [0.1, 0.15) is 239 Å². The Morgan fingerprint density at radius 2 is 0.684 bits per heavy atom. The molecule has 11 nitrogen and oxygen atoms in total. The minimum atomic E-state index is -4.77. The first kappa shape index (κ1) is 72.1. The lowest BCUT2D eigenvalue weighted by Gasteiger charge is -2.21. The molecular weight excluding hydrogens is 976 g/mol. The predicted molar refractivity (Wildman–Crippen MR) is 316 cm³/mol. The molecule has 2 N–H and O–H groups in total. The zero-order valence-corrected chi connectivity index (χ0v) is 48.8. The minimum Gasteiger partial charge on any atom is -0.462 e. The molecule has 0 aliphatic heterocycles. The summed E-state index contributed by atoms with van der Waals surface area (Å²) in [6.07, 6.45) is 69.0. The molecule has 0 bridgehead atoms. The van der Waals surface area contributed by atoms with Crippen molar-refractivity contribution in [1.29, 1.82) is 0 Å². The first-order chi connectivity index (χ1) is 37.2. The number of ether oxygens (including phenoxy) is 3. The molecule has 0 aromatic rings. The zero-order valence-electron chi connectivity index (χ0n) is 47.9. The normalized spacial score (nSPS) is 14.1. The van der Waals surface area contributed by atoms with Crippen molar-refractivity contribution in [2.75, 3.05) is 26.4 Å². The van der Waals surface area contributed by atoms with E-state index in [0.29, 0.717) is 19.3 Å². The Bertz CT molecular complexity index is 1690. The summed E-state index contributed by atoms with van der Waals surface area (Å²) in [5.41, 5.74) is 0. The van der Waals surface area contributed by atoms with Gasteiger partial charge in [0.25, 0.3) is 0 Å². The topological polar surface area (TPSA) is 155 Å². The van der Waals surface area contributed by atoms with Crippen LogP contribution in [0.3, 0.4) is 0 Å². The molecular formula is C64H107O11P. The highest BCUT2D eigenvalue weighted by molar-refractivity contribution is 7.47. The molecule has 0 aliphatic carbocycles. The molecule has 0 heterocycles. The Morgan fingerprint density at radius 3 is 1.07 bits per heavy atom. The molecule has 0 fully saturated rings. The van der Waals surface area contributed by atoms with Crippen LogP contribution in [0, 0.1) is 0 Å². The molecule has 76 heavy (non-hydrogen) atoms. The molecule has 0 amide bonds. The van der Waals surface area contributed by atoms with Crippen molar-refractivity contribution in [3.8, 4) is 0 Å². The standard InChI is InChI=1S/C64H107O11P/c1-4-7-10-13-16-19-22-25-27-29-30-32-33-36-38-41-44-47-50-53-62(66)71-57-61(75-64(68)55-52-49-46-43-40-37-34-31-28-26-23-20-17-14-11-8-5-2)59-73-76(69,70)72-58-60(56-65)74-63(67)54-51-48-45-42-39-35-24-21-18-15-12-9-6-3/h7,9-10,12,16-21,25-28,30,32,35,39,60-61,65H,4-6,8,11,13-15,22-24,29,31,33-34,36-38,40-59H2,1-3H3,(H,69,70)/b10-7-,12-9-,19-16-,20-17-,21-18-,27-25-,28-26-,32-30-,39-35-. The molecule has 0 aromatic carbocycles. The number of aliphatic hydroxyl groups excluding tert-OH is 1. The van der Waals surface area contributed by atoms with Crippen LogP contribution in [0.5, 0.6) is 0 Å². The van der Waals surface area contributed by atoms with E-state index >= 15 is 0 Å². The lowest BCUT2D eigenvalue weighted by molar-refractivity contribution is -0.161. The maximum Gasteiger partial charge on any atom is 0.472 e. The van der Waals surface area contributed by atoms with Gasteiger partial charge in [0.2, 0.25) is 0 Å². The number of hydrogen-bond donors (Lipinski definition) is 2. The molecule has 0 saturated heterocycles. The van der Waals surface area contributed by atoms with Gasteiger partial charge in [-0.25, -0.2) is 4.57 Å². The number of carbonyl (C=O) groups excluding carboxylic acids is 3. The summed E-state index contributed by atoms with van der Waals surface area (Å²) in [6.45, 7) is 4.33. The van der Waals surface area contributed by atoms with Crippen LogP contribution in [0.4, 0.5) is 0 Å². The third-order valence-corrected chi connectivity index (χ3v) is 13.1. The van der Waals surface area contributed by atoms with Gasteiger partial charge in [-0.1, -0.05) is 207 Å². The summed E-state index contributed by atoms with van der Waals surface area (Å²) < 4.78 is 39.5. The number of hydrogen-bond acceptors (Lipinski definition) is 10. The van der Waals surface area contributed by atoms with Crippen LogP contribution in [-0.4, -0.2) is 66.5 Å². The van der Waals surface area contributed by atoms with Crippen LogP contribution in [0.25, 0.3) is 0 Å². The number of carbonyl (C=O) groups is 3. The molecule has 3 atom stereocenters. The summed E-state index contributed by atoms with van der Waals surface area (Å²) in [5.74, 6) is -1.53. The summed E-state index contributed by atoms with van der Waals surface area (Å²) in [7, 11) is -4.77. The Morgan fingerprint density at radius 1 is 0.382 bits per heavy atom. The van der Waals surface area contributed by atoms with Gasteiger partial charge >= 0.3 is 25.7 Å². The maximum atomic E-state index is 12.9. The molecule has 0 spiro atoms. The number of rotatable bonds is 54. The lowest BCUT2D eigenvalue weighted by atomic mass is 10.1. The molecule has 0 radical (unpaired) electrons. The Hall–Kier alpha value is -3.86.